The van der Waals surface area contributed by atoms with Gasteiger partial charge in [0.05, 0.1) is 5.70 Å². The van der Waals surface area contributed by atoms with Gasteiger partial charge >= 0.3 is 12.1 Å². The number of nitrogens with one attached hydrogen (secondary N) is 1. The quantitative estimate of drug-likeness (QED) is 0.408. The lowest BCUT2D eigenvalue weighted by Gasteiger charge is -2.07. The second kappa shape index (κ2) is 8.36. The molecule has 1 atom stereocenters. The highest BCUT2D eigenvalue weighted by atomic mass is 32.2. The minimum atomic E-state index is -4.00. The summed E-state index contributed by atoms with van der Waals surface area (Å²) in [5.74, 6) is -2.04. The van der Waals surface area contributed by atoms with Crippen LogP contribution in [0.15, 0.2) is 16.3 Å². The van der Waals surface area contributed by atoms with E-state index in [1.165, 1.54) is 11.8 Å². The van der Waals surface area contributed by atoms with Crippen LogP contribution in [0.5, 0.6) is 0 Å². The Kier molecular flexibility index (Phi) is 7.59. The number of carbonyl (C=O) groups excluding carboxylic acids is 1. The highest BCUT2D eigenvalue weighted by Crippen LogP contribution is 2.17. The summed E-state index contributed by atoms with van der Waals surface area (Å²) in [6.45, 7) is -0.462. The SMILES string of the molecule is CC(F)(F)F.NC(=O)/C(=N\OCC(=O)O)C1=CSC(N)N1. The molecule has 0 aromatic heterocycles. The van der Waals surface area contributed by atoms with E-state index >= 15 is 0 Å². The summed E-state index contributed by atoms with van der Waals surface area (Å²) in [6.07, 6.45) is -4.00. The van der Waals surface area contributed by atoms with Gasteiger partial charge in [-0.15, -0.1) is 0 Å². The lowest BCUT2D eigenvalue weighted by Crippen LogP contribution is -2.36. The summed E-state index contributed by atoms with van der Waals surface area (Å²) >= 11 is 1.23. The molecular weight excluding hydrogens is 317 g/mol. The van der Waals surface area contributed by atoms with Crippen molar-refractivity contribution >= 4 is 29.4 Å². The molecular formula is C9H13F3N4O4S. The van der Waals surface area contributed by atoms with Crippen molar-refractivity contribution in [2.75, 3.05) is 6.61 Å². The number of halogens is 3. The van der Waals surface area contributed by atoms with Gasteiger partial charge in [-0.05, 0) is 0 Å². The van der Waals surface area contributed by atoms with E-state index in [0.717, 1.165) is 0 Å². The fraction of sp³-hybridized carbons (Fsp3) is 0.444. The molecule has 1 unspecified atom stereocenters. The third kappa shape index (κ3) is 10.5. The fourth-order valence-electron chi connectivity index (χ4n) is 0.866. The van der Waals surface area contributed by atoms with Crippen molar-refractivity contribution in [3.05, 3.63) is 11.1 Å². The maximum atomic E-state index is 11.0. The Balaban J connectivity index is 0.000000690. The molecule has 12 heteroatoms. The molecule has 0 aromatic carbocycles. The average Bonchev–Trinajstić information content (AvgIpc) is 2.67. The summed E-state index contributed by atoms with van der Waals surface area (Å²) < 4.78 is 31.1. The van der Waals surface area contributed by atoms with Crippen molar-refractivity contribution in [1.29, 1.82) is 0 Å². The molecule has 1 amide bonds. The van der Waals surface area contributed by atoms with Crippen LogP contribution in [0.1, 0.15) is 6.92 Å². The van der Waals surface area contributed by atoms with Gasteiger partial charge in [0.15, 0.2) is 5.71 Å². The van der Waals surface area contributed by atoms with E-state index in [9.17, 15) is 22.8 Å². The first-order chi connectivity index (χ1) is 9.50. The Morgan fingerprint density at radius 1 is 1.57 bits per heavy atom. The van der Waals surface area contributed by atoms with Gasteiger partial charge in [0.2, 0.25) is 6.61 Å². The van der Waals surface area contributed by atoms with Crippen molar-refractivity contribution in [1.82, 2.24) is 5.32 Å². The van der Waals surface area contributed by atoms with Gasteiger partial charge in [0.1, 0.15) is 5.50 Å². The van der Waals surface area contributed by atoms with Gasteiger partial charge in [-0.1, -0.05) is 16.9 Å². The largest absolute Gasteiger partial charge is 0.479 e. The molecule has 120 valence electrons. The van der Waals surface area contributed by atoms with E-state index < -0.39 is 24.7 Å². The lowest BCUT2D eigenvalue weighted by molar-refractivity contribution is -0.142. The number of alkyl halides is 3. The van der Waals surface area contributed by atoms with Crippen LogP contribution in [0.25, 0.3) is 0 Å². The van der Waals surface area contributed by atoms with Gasteiger partial charge < -0.3 is 26.7 Å². The highest BCUT2D eigenvalue weighted by Gasteiger charge is 2.21. The number of carboxylic acids is 1. The molecule has 0 aromatic rings. The number of nitrogens with two attached hydrogens (primary N) is 2. The predicted molar refractivity (Wildman–Crippen MR) is 68.7 cm³/mol. The number of aliphatic carboxylic acids is 1. The smallest absolute Gasteiger partial charge is 0.386 e. The Morgan fingerprint density at radius 3 is 2.43 bits per heavy atom. The van der Waals surface area contributed by atoms with Crippen LogP contribution >= 0.6 is 11.8 Å². The van der Waals surface area contributed by atoms with Gasteiger partial charge in [-0.25, -0.2) is 4.79 Å². The highest BCUT2D eigenvalue weighted by molar-refractivity contribution is 8.02. The number of carboxylic acid groups (broad SMARTS) is 1. The Labute approximate surface area is 121 Å². The molecule has 0 aliphatic carbocycles. The van der Waals surface area contributed by atoms with Crippen LogP contribution in [0, 0.1) is 0 Å². The molecule has 6 N–H and O–H groups in total. The zero-order chi connectivity index (χ0) is 16.6. The first kappa shape index (κ1) is 19.1. The number of thioether (sulfide) groups is 1. The number of hydrogen-bond acceptors (Lipinski definition) is 7. The zero-order valence-corrected chi connectivity index (χ0v) is 11.5. The zero-order valence-electron chi connectivity index (χ0n) is 10.7. The summed E-state index contributed by atoms with van der Waals surface area (Å²) in [5, 5.41) is 15.9. The number of carbonyl (C=O) groups is 2. The van der Waals surface area contributed by atoms with Crippen LogP contribution in [-0.4, -0.2) is 41.0 Å². The Hall–Kier alpha value is -1.95. The molecule has 1 aliphatic rings. The van der Waals surface area contributed by atoms with E-state index in [2.05, 4.69) is 15.3 Å². The second-order valence-corrected chi connectivity index (χ2v) is 4.50. The normalized spacial score (nSPS) is 18.0. The van der Waals surface area contributed by atoms with Gasteiger partial charge in [0, 0.05) is 12.3 Å². The summed E-state index contributed by atoms with van der Waals surface area (Å²) in [4.78, 5) is 25.6. The maximum Gasteiger partial charge on any atom is 0.386 e. The molecule has 1 rings (SSSR count). The Bertz CT molecular complexity index is 447. The molecule has 0 radical (unpaired) electrons. The van der Waals surface area contributed by atoms with Gasteiger partial charge in [-0.3, -0.25) is 4.79 Å². The third-order valence-corrected chi connectivity index (χ3v) is 2.25. The number of nitrogens with zero attached hydrogens (tertiary/aromatic N) is 1. The third-order valence-electron chi connectivity index (χ3n) is 1.46. The lowest BCUT2D eigenvalue weighted by atomic mass is 10.3. The van der Waals surface area contributed by atoms with Crippen LogP contribution < -0.4 is 16.8 Å². The van der Waals surface area contributed by atoms with E-state index in [0.29, 0.717) is 5.70 Å². The number of primary amides is 1. The van der Waals surface area contributed by atoms with E-state index in [4.69, 9.17) is 16.6 Å². The number of oxime groups is 1. The summed E-state index contributed by atoms with van der Waals surface area (Å²) in [6, 6.07) is 0. The molecule has 0 spiro atoms. The van der Waals surface area contributed by atoms with Crippen molar-refractivity contribution in [3.63, 3.8) is 0 Å². The summed E-state index contributed by atoms with van der Waals surface area (Å²) in [7, 11) is 0. The molecule has 0 saturated carbocycles. The first-order valence-electron chi connectivity index (χ1n) is 5.17. The molecule has 8 nitrogen and oxygen atoms in total. The minimum Gasteiger partial charge on any atom is -0.479 e. The molecule has 0 saturated heterocycles. The van der Waals surface area contributed by atoms with E-state index in [-0.39, 0.29) is 18.1 Å². The van der Waals surface area contributed by atoms with Gasteiger partial charge in [-0.2, -0.15) is 13.2 Å². The molecule has 1 aliphatic heterocycles. The molecule has 0 bridgehead atoms. The topological polar surface area (TPSA) is 140 Å². The first-order valence-corrected chi connectivity index (χ1v) is 6.11. The second-order valence-electron chi connectivity index (χ2n) is 3.49. The monoisotopic (exact) mass is 330 g/mol. The molecule has 0 fully saturated rings. The maximum absolute atomic E-state index is 11.0. The predicted octanol–water partition coefficient (Wildman–Crippen LogP) is -0.0824. The van der Waals surface area contributed by atoms with Crippen LogP contribution in [-0.2, 0) is 14.4 Å². The van der Waals surface area contributed by atoms with Gasteiger partial charge in [0.25, 0.3) is 5.91 Å². The molecule has 21 heavy (non-hydrogen) atoms. The van der Waals surface area contributed by atoms with Crippen molar-refractivity contribution in [3.8, 4) is 0 Å². The summed E-state index contributed by atoms with van der Waals surface area (Å²) in [5.41, 5.74) is 10.3. The van der Waals surface area contributed by atoms with E-state index in [1.807, 2.05) is 0 Å². The van der Waals surface area contributed by atoms with E-state index in [1.54, 1.807) is 5.41 Å². The number of amides is 1. The fourth-order valence-corrected chi connectivity index (χ4v) is 1.52. The average molecular weight is 330 g/mol. The van der Waals surface area contributed by atoms with Crippen molar-refractivity contribution in [2.24, 2.45) is 16.6 Å². The number of hydrogen-bond donors (Lipinski definition) is 4. The van der Waals surface area contributed by atoms with Crippen LogP contribution in [0.3, 0.4) is 0 Å². The minimum absolute atomic E-state index is 0.188. The van der Waals surface area contributed by atoms with Crippen LogP contribution in [0.2, 0.25) is 0 Å². The number of rotatable bonds is 5. The van der Waals surface area contributed by atoms with Crippen molar-refractivity contribution < 1.29 is 32.7 Å². The van der Waals surface area contributed by atoms with Crippen LogP contribution in [0.4, 0.5) is 13.2 Å². The molecule has 1 heterocycles. The van der Waals surface area contributed by atoms with Crippen molar-refractivity contribution in [2.45, 2.75) is 18.6 Å². The Morgan fingerprint density at radius 2 is 2.10 bits per heavy atom. The standard InChI is InChI=1S/C7H10N4O4S.C2H3F3/c8-6(14)5(11-15-1-4(12)13)3-2-16-7(9)10-3;1-2(3,4)5/h2,7,10H,1,9H2,(H2,8,14)(H,12,13);1H3/b11-5-;.